The van der Waals surface area contributed by atoms with E-state index in [0.29, 0.717) is 6.54 Å². The maximum Gasteiger partial charge on any atom is 0.416 e. The Labute approximate surface area is 121 Å². The second-order valence-corrected chi connectivity index (χ2v) is 5.07. The van der Waals surface area contributed by atoms with E-state index < -0.39 is 17.4 Å². The van der Waals surface area contributed by atoms with Gasteiger partial charge in [-0.1, -0.05) is 0 Å². The zero-order valence-corrected chi connectivity index (χ0v) is 12.0. The Balaban J connectivity index is 2.40. The summed E-state index contributed by atoms with van der Waals surface area (Å²) in [5, 5.41) is 9.01. The number of aromatic amines is 1. The third-order valence-corrected chi connectivity index (χ3v) is 3.49. The van der Waals surface area contributed by atoms with E-state index in [1.54, 1.807) is 6.92 Å². The third kappa shape index (κ3) is 3.57. The first kappa shape index (κ1) is 15.4. The quantitative estimate of drug-likeness (QED) is 0.903. The van der Waals surface area contributed by atoms with Gasteiger partial charge in [0.15, 0.2) is 5.16 Å². The third-order valence-electron chi connectivity index (χ3n) is 2.52. The molecule has 114 valence electrons. The van der Waals surface area contributed by atoms with Crippen molar-refractivity contribution in [1.82, 2.24) is 19.7 Å². The van der Waals surface area contributed by atoms with Gasteiger partial charge in [-0.3, -0.25) is 4.57 Å². The Hall–Kier alpha value is -1.97. The minimum absolute atomic E-state index is 0.0999. The van der Waals surface area contributed by atoms with Gasteiger partial charge in [-0.25, -0.2) is 14.9 Å². The summed E-state index contributed by atoms with van der Waals surface area (Å²) in [5.74, 6) is 0.121. The summed E-state index contributed by atoms with van der Waals surface area (Å²) in [6.07, 6.45) is -4.47. The van der Waals surface area contributed by atoms with E-state index in [1.807, 2.05) is 0 Å². The summed E-state index contributed by atoms with van der Waals surface area (Å²) in [4.78, 5) is 15.3. The van der Waals surface area contributed by atoms with Gasteiger partial charge in [-0.15, -0.1) is 5.10 Å². The fourth-order valence-electron chi connectivity index (χ4n) is 1.51. The number of H-pyrrole nitrogens is 1. The number of halogens is 3. The van der Waals surface area contributed by atoms with Crippen LogP contribution in [0.3, 0.4) is 0 Å². The fourth-order valence-corrected chi connectivity index (χ4v) is 2.34. The fraction of sp³-hybridized carbons (Fsp3) is 0.364. The lowest BCUT2D eigenvalue weighted by Crippen LogP contribution is -2.13. The van der Waals surface area contributed by atoms with Crippen LogP contribution in [0.2, 0.25) is 0 Å². The van der Waals surface area contributed by atoms with Crippen molar-refractivity contribution in [3.05, 3.63) is 28.2 Å². The average Bonchev–Trinajstić information content (AvgIpc) is 2.70. The number of hydrogen-bond donors (Lipinski definition) is 2. The minimum Gasteiger partial charge on any atom is -0.370 e. The topological polar surface area (TPSA) is 75.6 Å². The van der Waals surface area contributed by atoms with E-state index in [9.17, 15) is 18.0 Å². The van der Waals surface area contributed by atoms with E-state index in [2.05, 4.69) is 20.5 Å². The molecule has 0 aliphatic rings. The molecule has 0 saturated carbocycles. The van der Waals surface area contributed by atoms with Crippen LogP contribution in [0.4, 0.5) is 19.0 Å². The molecule has 6 nitrogen and oxygen atoms in total. The molecule has 2 N–H and O–H groups in total. The minimum atomic E-state index is -4.47. The molecule has 21 heavy (non-hydrogen) atoms. The van der Waals surface area contributed by atoms with Crippen molar-refractivity contribution in [2.45, 2.75) is 23.3 Å². The standard InChI is InChI=1S/C11H12F3N5OS/c1-3-15-7-4-6(11(12,13)14)5-8(16-7)21-10-18-17-9(20)19(10)2/h4-5H,3H2,1-2H3,(H,15,16)(H,17,20). The molecule has 0 unspecified atom stereocenters. The first-order valence-electron chi connectivity index (χ1n) is 5.93. The maximum atomic E-state index is 12.9. The summed E-state index contributed by atoms with van der Waals surface area (Å²) in [6, 6.07) is 1.86. The number of rotatable bonds is 4. The van der Waals surface area contributed by atoms with Crippen LogP contribution >= 0.6 is 11.8 Å². The summed E-state index contributed by atoms with van der Waals surface area (Å²) >= 11 is 0.875. The molecule has 0 bridgehead atoms. The van der Waals surface area contributed by atoms with Crippen molar-refractivity contribution in [2.75, 3.05) is 11.9 Å². The average molecular weight is 319 g/mol. The van der Waals surface area contributed by atoms with Crippen molar-refractivity contribution >= 4 is 17.6 Å². The molecule has 2 rings (SSSR count). The molecular weight excluding hydrogens is 307 g/mol. The zero-order chi connectivity index (χ0) is 15.6. The number of aromatic nitrogens is 4. The van der Waals surface area contributed by atoms with Crippen LogP contribution in [0.1, 0.15) is 12.5 Å². The normalized spacial score (nSPS) is 11.7. The summed E-state index contributed by atoms with van der Waals surface area (Å²) in [5.41, 5.74) is -1.26. The van der Waals surface area contributed by atoms with E-state index in [-0.39, 0.29) is 16.0 Å². The molecule has 0 atom stereocenters. The molecule has 0 spiro atoms. The molecule has 10 heteroatoms. The Morgan fingerprint density at radius 3 is 2.67 bits per heavy atom. The van der Waals surface area contributed by atoms with Gasteiger partial charge in [-0.05, 0) is 30.8 Å². The van der Waals surface area contributed by atoms with Crippen LogP contribution in [-0.4, -0.2) is 26.3 Å². The second-order valence-electron chi connectivity index (χ2n) is 4.08. The number of alkyl halides is 3. The summed E-state index contributed by atoms with van der Waals surface area (Å²) < 4.78 is 39.8. The molecule has 0 aromatic carbocycles. The molecule has 0 fully saturated rings. The molecule has 2 heterocycles. The van der Waals surface area contributed by atoms with Crippen LogP contribution < -0.4 is 11.0 Å². The SMILES string of the molecule is CCNc1cc(C(F)(F)F)cc(Sc2n[nH]c(=O)n2C)n1. The highest BCUT2D eigenvalue weighted by Crippen LogP contribution is 2.34. The largest absolute Gasteiger partial charge is 0.416 e. The predicted molar refractivity (Wildman–Crippen MR) is 71.4 cm³/mol. The van der Waals surface area contributed by atoms with Gasteiger partial charge in [0.1, 0.15) is 10.8 Å². The van der Waals surface area contributed by atoms with E-state index in [4.69, 9.17) is 0 Å². The number of nitrogens with zero attached hydrogens (tertiary/aromatic N) is 3. The molecule has 2 aromatic heterocycles. The predicted octanol–water partition coefficient (Wildman–Crippen LogP) is 2.11. The lowest BCUT2D eigenvalue weighted by atomic mass is 10.2. The molecule has 0 aliphatic carbocycles. The highest BCUT2D eigenvalue weighted by Gasteiger charge is 2.31. The maximum absolute atomic E-state index is 12.9. The second kappa shape index (κ2) is 5.80. The van der Waals surface area contributed by atoms with Gasteiger partial charge >= 0.3 is 11.9 Å². The van der Waals surface area contributed by atoms with Gasteiger partial charge in [0.05, 0.1) is 5.56 Å². The molecule has 0 aliphatic heterocycles. The van der Waals surface area contributed by atoms with Gasteiger partial charge in [-0.2, -0.15) is 13.2 Å². The van der Waals surface area contributed by atoms with E-state index >= 15 is 0 Å². The van der Waals surface area contributed by atoms with E-state index in [0.717, 1.165) is 23.9 Å². The van der Waals surface area contributed by atoms with Crippen LogP contribution in [-0.2, 0) is 13.2 Å². The number of anilines is 1. The monoisotopic (exact) mass is 319 g/mol. The Morgan fingerprint density at radius 2 is 2.14 bits per heavy atom. The van der Waals surface area contributed by atoms with Crippen molar-refractivity contribution < 1.29 is 13.2 Å². The first-order chi connectivity index (χ1) is 9.81. The van der Waals surface area contributed by atoms with Crippen LogP contribution in [0.15, 0.2) is 27.1 Å². The lowest BCUT2D eigenvalue weighted by molar-refractivity contribution is -0.137. The number of nitrogens with one attached hydrogen (secondary N) is 2. The highest BCUT2D eigenvalue weighted by atomic mass is 32.2. The van der Waals surface area contributed by atoms with Crippen molar-refractivity contribution in [3.8, 4) is 0 Å². The molecular formula is C11H12F3N5OS. The van der Waals surface area contributed by atoms with Gasteiger partial charge in [0.2, 0.25) is 0 Å². The van der Waals surface area contributed by atoms with Crippen LogP contribution in [0.25, 0.3) is 0 Å². The Kier molecular flexibility index (Phi) is 4.26. The van der Waals surface area contributed by atoms with Crippen molar-refractivity contribution in [2.24, 2.45) is 7.05 Å². The van der Waals surface area contributed by atoms with Crippen LogP contribution in [0, 0.1) is 0 Å². The molecule has 0 amide bonds. The van der Waals surface area contributed by atoms with E-state index in [1.165, 1.54) is 11.6 Å². The molecule has 0 radical (unpaired) electrons. The Bertz CT molecular complexity index is 694. The number of pyridine rings is 1. The molecule has 2 aromatic rings. The van der Waals surface area contributed by atoms with Crippen molar-refractivity contribution in [1.29, 1.82) is 0 Å². The number of hydrogen-bond acceptors (Lipinski definition) is 5. The van der Waals surface area contributed by atoms with Crippen LogP contribution in [0.5, 0.6) is 0 Å². The van der Waals surface area contributed by atoms with Gasteiger partial charge < -0.3 is 5.32 Å². The zero-order valence-electron chi connectivity index (χ0n) is 11.2. The smallest absolute Gasteiger partial charge is 0.370 e. The summed E-state index contributed by atoms with van der Waals surface area (Å²) in [7, 11) is 1.47. The van der Waals surface area contributed by atoms with Gasteiger partial charge in [0.25, 0.3) is 0 Å². The van der Waals surface area contributed by atoms with Gasteiger partial charge in [0, 0.05) is 13.6 Å². The Morgan fingerprint density at radius 1 is 1.43 bits per heavy atom. The first-order valence-corrected chi connectivity index (χ1v) is 6.75. The lowest BCUT2D eigenvalue weighted by Gasteiger charge is -2.11. The van der Waals surface area contributed by atoms with Crippen molar-refractivity contribution in [3.63, 3.8) is 0 Å². The molecule has 0 saturated heterocycles. The highest BCUT2D eigenvalue weighted by molar-refractivity contribution is 7.99. The summed E-state index contributed by atoms with van der Waals surface area (Å²) in [6.45, 7) is 2.20.